The fourth-order valence-corrected chi connectivity index (χ4v) is 2.35. The van der Waals surface area contributed by atoms with Gasteiger partial charge in [-0.15, -0.1) is 0 Å². The standard InChI is InChI=1S/C13H20N2O2/c1-10(2)15-12(11(17-3)9-14-15)13(16)7-5-4-6-8-13/h5,7,9-10,16H,4,6,8H2,1-3H3. The van der Waals surface area contributed by atoms with Crippen LogP contribution in [0.4, 0.5) is 0 Å². The van der Waals surface area contributed by atoms with Crippen LogP contribution in [0.5, 0.6) is 5.75 Å². The molecule has 0 bridgehead atoms. The van der Waals surface area contributed by atoms with Crippen LogP contribution in [0.2, 0.25) is 0 Å². The first kappa shape index (κ1) is 12.2. The van der Waals surface area contributed by atoms with Crippen LogP contribution >= 0.6 is 0 Å². The van der Waals surface area contributed by atoms with E-state index in [2.05, 4.69) is 5.10 Å². The van der Waals surface area contributed by atoms with Gasteiger partial charge < -0.3 is 9.84 Å². The van der Waals surface area contributed by atoms with Crippen LogP contribution in [0.1, 0.15) is 44.8 Å². The van der Waals surface area contributed by atoms with Crippen LogP contribution in [-0.2, 0) is 5.60 Å². The highest BCUT2D eigenvalue weighted by molar-refractivity contribution is 5.35. The summed E-state index contributed by atoms with van der Waals surface area (Å²) in [6.07, 6.45) is 8.31. The molecule has 0 radical (unpaired) electrons. The Morgan fingerprint density at radius 1 is 1.53 bits per heavy atom. The summed E-state index contributed by atoms with van der Waals surface area (Å²) in [5.41, 5.74) is -0.171. The molecule has 0 saturated carbocycles. The van der Waals surface area contributed by atoms with Gasteiger partial charge in [-0.3, -0.25) is 4.68 Å². The van der Waals surface area contributed by atoms with Crippen LogP contribution < -0.4 is 4.74 Å². The maximum Gasteiger partial charge on any atom is 0.163 e. The van der Waals surface area contributed by atoms with Crippen LogP contribution in [0.25, 0.3) is 0 Å². The molecule has 1 aliphatic rings. The van der Waals surface area contributed by atoms with E-state index < -0.39 is 5.60 Å². The zero-order valence-electron chi connectivity index (χ0n) is 10.7. The van der Waals surface area contributed by atoms with Gasteiger partial charge in [0.1, 0.15) is 11.3 Å². The van der Waals surface area contributed by atoms with Crippen LogP contribution in [0.3, 0.4) is 0 Å². The van der Waals surface area contributed by atoms with Gasteiger partial charge in [0.2, 0.25) is 0 Å². The van der Waals surface area contributed by atoms with Crippen molar-refractivity contribution in [3.63, 3.8) is 0 Å². The highest BCUT2D eigenvalue weighted by Crippen LogP contribution is 2.38. The Labute approximate surface area is 102 Å². The van der Waals surface area contributed by atoms with E-state index in [-0.39, 0.29) is 6.04 Å². The quantitative estimate of drug-likeness (QED) is 0.820. The van der Waals surface area contributed by atoms with Crippen molar-refractivity contribution in [1.29, 1.82) is 0 Å². The fraction of sp³-hybridized carbons (Fsp3) is 0.615. The molecular formula is C13H20N2O2. The number of ether oxygens (including phenoxy) is 1. The number of hydrogen-bond acceptors (Lipinski definition) is 3. The normalized spacial score (nSPS) is 24.3. The SMILES string of the molecule is COc1cnn(C(C)C)c1C1(O)C=CCCC1. The lowest BCUT2D eigenvalue weighted by Gasteiger charge is -2.29. The topological polar surface area (TPSA) is 47.3 Å². The van der Waals surface area contributed by atoms with E-state index in [0.717, 1.165) is 25.0 Å². The van der Waals surface area contributed by atoms with E-state index in [9.17, 15) is 5.11 Å². The van der Waals surface area contributed by atoms with E-state index in [0.29, 0.717) is 5.75 Å². The molecule has 1 aromatic heterocycles. The summed E-state index contributed by atoms with van der Waals surface area (Å²) < 4.78 is 7.16. The van der Waals surface area contributed by atoms with Gasteiger partial charge in [0.05, 0.1) is 13.3 Å². The van der Waals surface area contributed by atoms with E-state index in [1.54, 1.807) is 13.3 Å². The second kappa shape index (κ2) is 4.53. The Bertz CT molecular complexity index is 423. The summed E-state index contributed by atoms with van der Waals surface area (Å²) in [4.78, 5) is 0. The van der Waals surface area contributed by atoms with Crippen molar-refractivity contribution >= 4 is 0 Å². The second-order valence-electron chi connectivity index (χ2n) is 4.82. The molecular weight excluding hydrogens is 216 g/mol. The molecule has 0 amide bonds. The second-order valence-corrected chi connectivity index (χ2v) is 4.82. The lowest BCUT2D eigenvalue weighted by molar-refractivity contribution is 0.0588. The monoisotopic (exact) mass is 236 g/mol. The third-order valence-electron chi connectivity index (χ3n) is 3.20. The number of aromatic nitrogens is 2. The van der Waals surface area contributed by atoms with Gasteiger partial charge in [-0.2, -0.15) is 5.10 Å². The number of aliphatic hydroxyl groups is 1. The summed E-state index contributed by atoms with van der Waals surface area (Å²) in [7, 11) is 1.61. The molecule has 1 heterocycles. The number of hydrogen-bond donors (Lipinski definition) is 1. The largest absolute Gasteiger partial charge is 0.493 e. The van der Waals surface area contributed by atoms with Crippen molar-refractivity contribution in [2.75, 3.05) is 7.11 Å². The fourth-order valence-electron chi connectivity index (χ4n) is 2.35. The molecule has 4 heteroatoms. The van der Waals surface area contributed by atoms with Gasteiger partial charge in [0, 0.05) is 6.04 Å². The van der Waals surface area contributed by atoms with Crippen LogP contribution in [-0.4, -0.2) is 22.0 Å². The van der Waals surface area contributed by atoms with Gasteiger partial charge in [-0.1, -0.05) is 12.2 Å². The number of allylic oxidation sites excluding steroid dienone is 1. The van der Waals surface area contributed by atoms with Gasteiger partial charge in [-0.05, 0) is 33.1 Å². The Morgan fingerprint density at radius 3 is 2.82 bits per heavy atom. The Hall–Kier alpha value is -1.29. The molecule has 0 spiro atoms. The highest BCUT2D eigenvalue weighted by atomic mass is 16.5. The summed E-state index contributed by atoms with van der Waals surface area (Å²) in [5.74, 6) is 0.660. The average Bonchev–Trinajstić information content (AvgIpc) is 2.74. The van der Waals surface area contributed by atoms with Crippen molar-refractivity contribution in [3.05, 3.63) is 24.0 Å². The van der Waals surface area contributed by atoms with Crippen LogP contribution in [0, 0.1) is 0 Å². The number of rotatable bonds is 3. The molecule has 1 N–H and O–H groups in total. The van der Waals surface area contributed by atoms with E-state index in [1.807, 2.05) is 30.7 Å². The molecule has 1 unspecified atom stereocenters. The predicted octanol–water partition coefficient (Wildman–Crippen LogP) is 2.40. The number of methoxy groups -OCH3 is 1. The molecule has 0 fully saturated rings. The van der Waals surface area contributed by atoms with E-state index in [4.69, 9.17) is 4.74 Å². The smallest absolute Gasteiger partial charge is 0.163 e. The highest BCUT2D eigenvalue weighted by Gasteiger charge is 2.35. The van der Waals surface area contributed by atoms with Crippen molar-refractivity contribution in [3.8, 4) is 5.75 Å². The first-order valence-corrected chi connectivity index (χ1v) is 6.10. The third-order valence-corrected chi connectivity index (χ3v) is 3.20. The summed E-state index contributed by atoms with van der Waals surface area (Å²) in [5, 5.41) is 15.1. The minimum Gasteiger partial charge on any atom is -0.493 e. The molecule has 1 aliphatic carbocycles. The zero-order chi connectivity index (χ0) is 12.5. The minimum absolute atomic E-state index is 0.202. The molecule has 94 valence electrons. The van der Waals surface area contributed by atoms with Gasteiger partial charge >= 0.3 is 0 Å². The zero-order valence-corrected chi connectivity index (χ0v) is 10.7. The Kier molecular flexibility index (Phi) is 3.24. The van der Waals surface area contributed by atoms with Crippen molar-refractivity contribution in [2.24, 2.45) is 0 Å². The van der Waals surface area contributed by atoms with Crippen molar-refractivity contribution in [2.45, 2.75) is 44.8 Å². The first-order chi connectivity index (χ1) is 8.08. The molecule has 1 aromatic rings. The number of nitrogens with zero attached hydrogens (tertiary/aromatic N) is 2. The van der Waals surface area contributed by atoms with Gasteiger partial charge in [-0.25, -0.2) is 0 Å². The molecule has 0 aromatic carbocycles. The Morgan fingerprint density at radius 2 is 2.29 bits per heavy atom. The summed E-state index contributed by atoms with van der Waals surface area (Å²) >= 11 is 0. The maximum absolute atomic E-state index is 10.7. The molecule has 0 aliphatic heterocycles. The maximum atomic E-state index is 10.7. The Balaban J connectivity index is 2.51. The molecule has 1 atom stereocenters. The van der Waals surface area contributed by atoms with Crippen molar-refractivity contribution < 1.29 is 9.84 Å². The molecule has 0 saturated heterocycles. The average molecular weight is 236 g/mol. The molecule has 17 heavy (non-hydrogen) atoms. The van der Waals surface area contributed by atoms with E-state index in [1.165, 1.54) is 0 Å². The predicted molar refractivity (Wildman–Crippen MR) is 66.1 cm³/mol. The van der Waals surface area contributed by atoms with Gasteiger partial charge in [0.25, 0.3) is 0 Å². The summed E-state index contributed by atoms with van der Waals surface area (Å²) in [6, 6.07) is 0.202. The van der Waals surface area contributed by atoms with E-state index >= 15 is 0 Å². The molecule has 4 nitrogen and oxygen atoms in total. The lowest BCUT2D eigenvalue weighted by atomic mass is 9.87. The lowest BCUT2D eigenvalue weighted by Crippen LogP contribution is -2.29. The summed E-state index contributed by atoms with van der Waals surface area (Å²) in [6.45, 7) is 4.09. The first-order valence-electron chi connectivity index (χ1n) is 6.10. The van der Waals surface area contributed by atoms with Crippen molar-refractivity contribution in [1.82, 2.24) is 9.78 Å². The molecule has 2 rings (SSSR count). The third kappa shape index (κ3) is 2.09. The minimum atomic E-state index is -0.940. The van der Waals surface area contributed by atoms with Crippen LogP contribution in [0.15, 0.2) is 18.3 Å². The van der Waals surface area contributed by atoms with Gasteiger partial charge in [0.15, 0.2) is 5.75 Å².